The summed E-state index contributed by atoms with van der Waals surface area (Å²) in [5.41, 5.74) is 1.18. The molecular weight excluding hydrogens is 425 g/mol. The molecule has 1 aromatic heterocycles. The Bertz CT molecular complexity index is 1110. The third kappa shape index (κ3) is 4.14. The van der Waals surface area contributed by atoms with Crippen molar-refractivity contribution in [3.05, 3.63) is 59.0 Å². The molecule has 0 bridgehead atoms. The van der Waals surface area contributed by atoms with Crippen LogP contribution in [0.3, 0.4) is 0 Å². The lowest BCUT2D eigenvalue weighted by Crippen LogP contribution is -2.15. The van der Waals surface area contributed by atoms with E-state index in [9.17, 15) is 8.42 Å². The second kappa shape index (κ2) is 8.22. The van der Waals surface area contributed by atoms with Gasteiger partial charge in [-0.25, -0.2) is 18.4 Å². The summed E-state index contributed by atoms with van der Waals surface area (Å²) in [6.45, 7) is 0. The number of rotatable bonds is 6. The summed E-state index contributed by atoms with van der Waals surface area (Å²) in [7, 11) is -1.24. The van der Waals surface area contributed by atoms with Gasteiger partial charge >= 0.3 is 0 Å². The van der Waals surface area contributed by atoms with Crippen LogP contribution in [0, 0.1) is 0 Å². The summed E-state index contributed by atoms with van der Waals surface area (Å²) in [6.07, 6.45) is 2.75. The Morgan fingerprint density at radius 1 is 1.00 bits per heavy atom. The molecule has 0 aliphatic carbocycles. The molecule has 0 fully saturated rings. The summed E-state index contributed by atoms with van der Waals surface area (Å²) < 4.78 is 38.7. The fraction of sp³-hybridized carbons (Fsp3) is 0.111. The van der Waals surface area contributed by atoms with E-state index in [0.717, 1.165) is 0 Å². The molecular formula is C18H15Cl2N3O4S. The maximum Gasteiger partial charge on any atom is 0.264 e. The van der Waals surface area contributed by atoms with Crippen molar-refractivity contribution >= 4 is 39.0 Å². The van der Waals surface area contributed by atoms with Crippen molar-refractivity contribution in [1.82, 2.24) is 9.97 Å². The summed E-state index contributed by atoms with van der Waals surface area (Å²) in [4.78, 5) is 7.86. The lowest BCUT2D eigenvalue weighted by atomic mass is 10.1. The molecule has 0 saturated carbocycles. The van der Waals surface area contributed by atoms with Gasteiger partial charge in [-0.3, -0.25) is 4.72 Å². The fourth-order valence-electron chi connectivity index (χ4n) is 2.48. The predicted octanol–water partition coefficient (Wildman–Crippen LogP) is 4.27. The first-order chi connectivity index (χ1) is 13.4. The number of halogens is 2. The number of hydrogen-bond acceptors (Lipinski definition) is 6. The van der Waals surface area contributed by atoms with Crippen LogP contribution in [0.15, 0.2) is 53.8 Å². The van der Waals surface area contributed by atoms with E-state index in [4.69, 9.17) is 32.7 Å². The fourth-order valence-corrected chi connectivity index (χ4v) is 4.16. The highest BCUT2D eigenvalue weighted by Gasteiger charge is 2.23. The van der Waals surface area contributed by atoms with E-state index < -0.39 is 10.0 Å². The smallest absolute Gasteiger partial charge is 0.264 e. The Morgan fingerprint density at radius 3 is 2.29 bits per heavy atom. The van der Waals surface area contributed by atoms with Crippen molar-refractivity contribution in [2.24, 2.45) is 0 Å². The average molecular weight is 440 g/mol. The number of aromatic nitrogens is 2. The molecule has 0 spiro atoms. The Morgan fingerprint density at radius 2 is 1.64 bits per heavy atom. The van der Waals surface area contributed by atoms with E-state index >= 15 is 0 Å². The maximum atomic E-state index is 13.0. The highest BCUT2D eigenvalue weighted by Crippen LogP contribution is 2.36. The van der Waals surface area contributed by atoms with Gasteiger partial charge < -0.3 is 9.47 Å². The summed E-state index contributed by atoms with van der Waals surface area (Å²) >= 11 is 12.1. The zero-order chi connectivity index (χ0) is 20.3. The van der Waals surface area contributed by atoms with E-state index in [0.29, 0.717) is 21.9 Å². The van der Waals surface area contributed by atoms with Crippen LogP contribution in [0.4, 0.5) is 5.82 Å². The first-order valence-corrected chi connectivity index (χ1v) is 10.1. The lowest BCUT2D eigenvalue weighted by Gasteiger charge is -2.14. The van der Waals surface area contributed by atoms with E-state index in [2.05, 4.69) is 14.7 Å². The predicted molar refractivity (Wildman–Crippen MR) is 108 cm³/mol. The topological polar surface area (TPSA) is 90.4 Å². The molecule has 0 aliphatic heterocycles. The van der Waals surface area contributed by atoms with Crippen LogP contribution >= 0.6 is 23.2 Å². The van der Waals surface area contributed by atoms with Gasteiger partial charge in [0.2, 0.25) is 0 Å². The van der Waals surface area contributed by atoms with E-state index in [1.165, 1.54) is 38.9 Å². The van der Waals surface area contributed by atoms with Crippen LogP contribution < -0.4 is 14.2 Å². The zero-order valence-corrected chi connectivity index (χ0v) is 17.1. The molecule has 146 valence electrons. The van der Waals surface area contributed by atoms with Gasteiger partial charge in [0.1, 0.15) is 11.2 Å². The summed E-state index contributed by atoms with van der Waals surface area (Å²) in [5, 5.41) is 0.534. The lowest BCUT2D eigenvalue weighted by molar-refractivity contribution is 0.354. The van der Waals surface area contributed by atoms with E-state index in [-0.39, 0.29) is 21.5 Å². The first kappa shape index (κ1) is 20.2. The molecule has 1 heterocycles. The Balaban J connectivity index is 2.04. The number of sulfonamides is 1. The van der Waals surface area contributed by atoms with Crippen molar-refractivity contribution in [2.75, 3.05) is 18.9 Å². The number of nitrogens with zero attached hydrogens (tertiary/aromatic N) is 2. The number of hydrogen-bond donors (Lipinski definition) is 1. The standard InChI is InChI=1S/C18H15Cl2N3O4S/c1-26-15-7-14(20)17(8-16(15)27-2)28(24,25)23-18-13(9-21-10-22-18)11-3-5-12(19)6-4-11/h3-10H,1-2H3,(H,21,22,23). The number of ether oxygens (including phenoxy) is 2. The van der Waals surface area contributed by atoms with Gasteiger partial charge in [0, 0.05) is 28.9 Å². The number of anilines is 1. The molecule has 0 unspecified atom stereocenters. The largest absolute Gasteiger partial charge is 0.493 e. The van der Waals surface area contributed by atoms with Gasteiger partial charge in [-0.1, -0.05) is 35.3 Å². The van der Waals surface area contributed by atoms with Crippen LogP contribution in [0.5, 0.6) is 11.5 Å². The SMILES string of the molecule is COc1cc(Cl)c(S(=O)(=O)Nc2ncncc2-c2ccc(Cl)cc2)cc1OC. The van der Waals surface area contributed by atoms with Crippen molar-refractivity contribution in [3.8, 4) is 22.6 Å². The van der Waals surface area contributed by atoms with Gasteiger partial charge in [0.25, 0.3) is 10.0 Å². The summed E-state index contributed by atoms with van der Waals surface area (Å²) in [6, 6.07) is 9.51. The van der Waals surface area contributed by atoms with Gasteiger partial charge in [-0.2, -0.15) is 0 Å². The molecule has 1 N–H and O–H groups in total. The highest BCUT2D eigenvalue weighted by molar-refractivity contribution is 7.92. The minimum Gasteiger partial charge on any atom is -0.493 e. The molecule has 0 amide bonds. The van der Waals surface area contributed by atoms with Crippen LogP contribution in [-0.4, -0.2) is 32.6 Å². The molecule has 0 saturated heterocycles. The van der Waals surface area contributed by atoms with Crippen molar-refractivity contribution in [2.45, 2.75) is 4.90 Å². The molecule has 2 aromatic carbocycles. The molecule has 3 aromatic rings. The maximum absolute atomic E-state index is 13.0. The molecule has 7 nitrogen and oxygen atoms in total. The second-order valence-corrected chi connectivity index (χ2v) is 8.03. The molecule has 0 aliphatic rings. The van der Waals surface area contributed by atoms with E-state index in [1.807, 2.05) is 0 Å². The minimum absolute atomic E-state index is 0.0211. The molecule has 0 radical (unpaired) electrons. The number of benzene rings is 2. The zero-order valence-electron chi connectivity index (χ0n) is 14.8. The Kier molecular flexibility index (Phi) is 5.93. The quantitative estimate of drug-likeness (QED) is 0.616. The van der Waals surface area contributed by atoms with Crippen molar-refractivity contribution in [1.29, 1.82) is 0 Å². The van der Waals surface area contributed by atoms with Crippen molar-refractivity contribution in [3.63, 3.8) is 0 Å². The number of methoxy groups -OCH3 is 2. The first-order valence-electron chi connectivity index (χ1n) is 7.86. The van der Waals surface area contributed by atoms with Gasteiger partial charge in [0.15, 0.2) is 17.3 Å². The van der Waals surface area contributed by atoms with Crippen LogP contribution in [0.1, 0.15) is 0 Å². The molecule has 10 heteroatoms. The molecule has 3 rings (SSSR count). The van der Waals surface area contributed by atoms with Crippen LogP contribution in [0.25, 0.3) is 11.1 Å². The second-order valence-electron chi connectivity index (χ2n) is 5.54. The third-order valence-electron chi connectivity index (χ3n) is 3.83. The van der Waals surface area contributed by atoms with Crippen LogP contribution in [-0.2, 0) is 10.0 Å². The van der Waals surface area contributed by atoms with Gasteiger partial charge in [-0.05, 0) is 17.7 Å². The minimum atomic E-state index is -4.07. The molecule has 28 heavy (non-hydrogen) atoms. The monoisotopic (exact) mass is 439 g/mol. The summed E-state index contributed by atoms with van der Waals surface area (Å²) in [5.74, 6) is 0.645. The van der Waals surface area contributed by atoms with Gasteiger partial charge in [0.05, 0.1) is 19.2 Å². The Labute approximate surface area is 172 Å². The number of nitrogens with one attached hydrogen (secondary N) is 1. The van der Waals surface area contributed by atoms with Crippen molar-refractivity contribution < 1.29 is 17.9 Å². The Hall–Kier alpha value is -2.55. The normalized spacial score (nSPS) is 11.1. The molecule has 0 atom stereocenters. The van der Waals surface area contributed by atoms with Gasteiger partial charge in [-0.15, -0.1) is 0 Å². The average Bonchev–Trinajstić information content (AvgIpc) is 2.68. The van der Waals surface area contributed by atoms with E-state index in [1.54, 1.807) is 24.3 Å². The third-order valence-corrected chi connectivity index (χ3v) is 5.88. The highest BCUT2D eigenvalue weighted by atomic mass is 35.5. The van der Waals surface area contributed by atoms with Crippen LogP contribution in [0.2, 0.25) is 10.0 Å².